The van der Waals surface area contributed by atoms with Gasteiger partial charge in [0, 0.05) is 50.4 Å². The summed E-state index contributed by atoms with van der Waals surface area (Å²) in [5.74, 6) is 0.845. The standard InChI is InChI=1S/C24H29N3O4.ClH/c1-31-20-6-2-17(3-7-20)22(28)10-11-26-12-14-27(15-13-26)24(30)19-4-8-21-18(16-19)5-9-23(29)25-21;/h2-4,6-8,16,22,28H,5,9-15H2,1H3,(H,25,29);1H. The van der Waals surface area contributed by atoms with E-state index >= 15 is 0 Å². The van der Waals surface area contributed by atoms with Crippen LogP contribution in [0, 0.1) is 0 Å². The highest BCUT2D eigenvalue weighted by Gasteiger charge is 2.24. The third-order valence-electron chi connectivity index (χ3n) is 6.13. The van der Waals surface area contributed by atoms with Gasteiger partial charge in [-0.1, -0.05) is 12.1 Å². The molecule has 2 aromatic rings. The van der Waals surface area contributed by atoms with Gasteiger partial charge in [-0.15, -0.1) is 12.4 Å². The Hall–Kier alpha value is -2.61. The number of methoxy groups -OCH3 is 1. The van der Waals surface area contributed by atoms with Gasteiger partial charge in [-0.2, -0.15) is 0 Å². The maximum atomic E-state index is 12.9. The van der Waals surface area contributed by atoms with Crippen LogP contribution in [0.2, 0.25) is 0 Å². The minimum atomic E-state index is -0.512. The molecule has 7 nitrogen and oxygen atoms in total. The van der Waals surface area contributed by atoms with Crippen LogP contribution in [0.3, 0.4) is 0 Å². The molecule has 8 heteroatoms. The number of carbonyl (C=O) groups excluding carboxylic acids is 2. The van der Waals surface area contributed by atoms with Crippen molar-refractivity contribution in [2.75, 3.05) is 45.2 Å². The van der Waals surface area contributed by atoms with Gasteiger partial charge in [0.1, 0.15) is 5.75 Å². The number of ether oxygens (including phenoxy) is 1. The molecule has 0 aliphatic carbocycles. The van der Waals surface area contributed by atoms with Crippen LogP contribution in [0.5, 0.6) is 5.75 Å². The summed E-state index contributed by atoms with van der Waals surface area (Å²) >= 11 is 0. The van der Waals surface area contributed by atoms with Crippen molar-refractivity contribution in [1.82, 2.24) is 9.80 Å². The predicted molar refractivity (Wildman–Crippen MR) is 126 cm³/mol. The number of halogens is 1. The number of rotatable bonds is 6. The van der Waals surface area contributed by atoms with Gasteiger partial charge in [0.25, 0.3) is 5.91 Å². The SMILES string of the molecule is COc1ccc(C(O)CCN2CCN(C(=O)c3ccc4c(c3)CCC(=O)N4)CC2)cc1.Cl. The van der Waals surface area contributed by atoms with Gasteiger partial charge in [-0.05, 0) is 54.3 Å². The highest BCUT2D eigenvalue weighted by atomic mass is 35.5. The molecule has 0 spiro atoms. The average molecular weight is 460 g/mol. The van der Waals surface area contributed by atoms with Gasteiger partial charge in [0.05, 0.1) is 13.2 Å². The van der Waals surface area contributed by atoms with Crippen LogP contribution in [0.1, 0.15) is 40.4 Å². The molecule has 1 atom stereocenters. The van der Waals surface area contributed by atoms with Gasteiger partial charge >= 0.3 is 0 Å². The Morgan fingerprint density at radius 3 is 2.50 bits per heavy atom. The lowest BCUT2D eigenvalue weighted by molar-refractivity contribution is -0.116. The van der Waals surface area contributed by atoms with Gasteiger partial charge in [-0.25, -0.2) is 0 Å². The normalized spacial score (nSPS) is 17.1. The third kappa shape index (κ3) is 5.59. The van der Waals surface area contributed by atoms with Crippen LogP contribution in [-0.4, -0.2) is 66.6 Å². The second-order valence-corrected chi connectivity index (χ2v) is 8.13. The fourth-order valence-corrected chi connectivity index (χ4v) is 4.17. The van der Waals surface area contributed by atoms with E-state index in [1.165, 1.54) is 0 Å². The van der Waals surface area contributed by atoms with Crippen molar-refractivity contribution in [3.63, 3.8) is 0 Å². The number of nitrogens with zero attached hydrogens (tertiary/aromatic N) is 2. The van der Waals surface area contributed by atoms with Crippen LogP contribution in [0.15, 0.2) is 42.5 Å². The van der Waals surface area contributed by atoms with E-state index in [4.69, 9.17) is 4.74 Å². The van der Waals surface area contributed by atoms with Crippen LogP contribution >= 0.6 is 12.4 Å². The second-order valence-electron chi connectivity index (χ2n) is 8.13. The lowest BCUT2D eigenvalue weighted by atomic mass is 10.00. The van der Waals surface area contributed by atoms with Crippen LogP contribution < -0.4 is 10.1 Å². The predicted octanol–water partition coefficient (Wildman–Crippen LogP) is 2.88. The highest BCUT2D eigenvalue weighted by Crippen LogP contribution is 2.25. The highest BCUT2D eigenvalue weighted by molar-refractivity contribution is 5.98. The molecular weight excluding hydrogens is 430 g/mol. The smallest absolute Gasteiger partial charge is 0.253 e. The number of carbonyl (C=O) groups is 2. The fraction of sp³-hybridized carbons (Fsp3) is 0.417. The van der Waals surface area contributed by atoms with Crippen molar-refractivity contribution < 1.29 is 19.4 Å². The Labute approximate surface area is 194 Å². The number of aliphatic hydroxyl groups excluding tert-OH is 1. The number of piperazine rings is 1. The molecule has 0 radical (unpaired) electrons. The second kappa shape index (κ2) is 10.8. The molecule has 2 heterocycles. The topological polar surface area (TPSA) is 82.1 Å². The molecule has 2 aliphatic rings. The first-order valence-electron chi connectivity index (χ1n) is 10.8. The summed E-state index contributed by atoms with van der Waals surface area (Å²) in [5, 5.41) is 13.3. The molecule has 2 aromatic carbocycles. The van der Waals surface area contributed by atoms with Crippen molar-refractivity contribution in [2.45, 2.75) is 25.4 Å². The van der Waals surface area contributed by atoms with E-state index in [1.54, 1.807) is 13.2 Å². The number of benzene rings is 2. The zero-order valence-corrected chi connectivity index (χ0v) is 19.1. The minimum Gasteiger partial charge on any atom is -0.497 e. The largest absolute Gasteiger partial charge is 0.497 e. The number of fused-ring (bicyclic) bond motifs is 1. The first-order valence-corrected chi connectivity index (χ1v) is 10.8. The Kier molecular flexibility index (Phi) is 8.12. The maximum absolute atomic E-state index is 12.9. The molecule has 2 N–H and O–H groups in total. The summed E-state index contributed by atoms with van der Waals surface area (Å²) in [4.78, 5) is 28.6. The lowest BCUT2D eigenvalue weighted by Crippen LogP contribution is -2.49. The number of aliphatic hydroxyl groups is 1. The number of hydrogen-bond donors (Lipinski definition) is 2. The van der Waals surface area contributed by atoms with Crippen LogP contribution in [0.25, 0.3) is 0 Å². The fourth-order valence-electron chi connectivity index (χ4n) is 4.17. The van der Waals surface area contributed by atoms with E-state index in [9.17, 15) is 14.7 Å². The quantitative estimate of drug-likeness (QED) is 0.694. The molecule has 2 amide bonds. The van der Waals surface area contributed by atoms with Gasteiger partial charge < -0.3 is 20.1 Å². The summed E-state index contributed by atoms with van der Waals surface area (Å²) in [7, 11) is 1.63. The molecule has 2 aliphatic heterocycles. The van der Waals surface area contributed by atoms with E-state index in [0.29, 0.717) is 37.9 Å². The van der Waals surface area contributed by atoms with E-state index in [2.05, 4.69) is 10.2 Å². The number of hydrogen-bond acceptors (Lipinski definition) is 5. The molecule has 32 heavy (non-hydrogen) atoms. The number of aryl methyl sites for hydroxylation is 1. The van der Waals surface area contributed by atoms with Crippen LogP contribution in [-0.2, 0) is 11.2 Å². The number of anilines is 1. The number of amides is 2. The average Bonchev–Trinajstić information content (AvgIpc) is 2.82. The first-order chi connectivity index (χ1) is 15.0. The van der Waals surface area contributed by atoms with Gasteiger partial charge in [0.2, 0.25) is 5.91 Å². The minimum absolute atomic E-state index is 0. The molecular formula is C24H30ClN3O4. The summed E-state index contributed by atoms with van der Waals surface area (Å²) in [6, 6.07) is 13.0. The van der Waals surface area contributed by atoms with Crippen molar-refractivity contribution in [1.29, 1.82) is 0 Å². The van der Waals surface area contributed by atoms with E-state index in [1.807, 2.05) is 41.3 Å². The van der Waals surface area contributed by atoms with Crippen molar-refractivity contribution in [2.24, 2.45) is 0 Å². The van der Waals surface area contributed by atoms with Crippen LogP contribution in [0.4, 0.5) is 5.69 Å². The molecule has 1 unspecified atom stereocenters. The Bertz CT molecular complexity index is 943. The molecule has 0 saturated carbocycles. The van der Waals surface area contributed by atoms with E-state index in [-0.39, 0.29) is 24.2 Å². The zero-order valence-electron chi connectivity index (χ0n) is 18.3. The van der Waals surface area contributed by atoms with Gasteiger partial charge in [0.15, 0.2) is 0 Å². The summed E-state index contributed by atoms with van der Waals surface area (Å²) < 4.78 is 5.16. The van der Waals surface area contributed by atoms with E-state index in [0.717, 1.165) is 42.2 Å². The lowest BCUT2D eigenvalue weighted by Gasteiger charge is -2.35. The van der Waals surface area contributed by atoms with Gasteiger partial charge in [-0.3, -0.25) is 14.5 Å². The Morgan fingerprint density at radius 2 is 1.81 bits per heavy atom. The maximum Gasteiger partial charge on any atom is 0.253 e. The number of nitrogens with one attached hydrogen (secondary N) is 1. The summed E-state index contributed by atoms with van der Waals surface area (Å²) in [6.45, 7) is 3.72. The molecule has 1 fully saturated rings. The molecule has 0 aromatic heterocycles. The summed E-state index contributed by atoms with van der Waals surface area (Å²) in [5.41, 5.74) is 3.40. The monoisotopic (exact) mass is 459 g/mol. The van der Waals surface area contributed by atoms with Crippen molar-refractivity contribution >= 4 is 29.9 Å². The Morgan fingerprint density at radius 1 is 1.09 bits per heavy atom. The molecule has 4 rings (SSSR count). The summed E-state index contributed by atoms with van der Waals surface area (Å²) in [6.07, 6.45) is 1.27. The Balaban J connectivity index is 0.00000289. The molecule has 1 saturated heterocycles. The molecule has 0 bridgehead atoms. The van der Waals surface area contributed by atoms with E-state index < -0.39 is 6.10 Å². The molecule has 172 valence electrons. The van der Waals surface area contributed by atoms with Crippen molar-refractivity contribution in [3.8, 4) is 5.75 Å². The first kappa shape index (κ1) is 24.0. The van der Waals surface area contributed by atoms with Crippen molar-refractivity contribution in [3.05, 3.63) is 59.2 Å². The third-order valence-corrected chi connectivity index (χ3v) is 6.13. The zero-order chi connectivity index (χ0) is 21.8.